The highest BCUT2D eigenvalue weighted by atomic mass is 32.2. The fourth-order valence-corrected chi connectivity index (χ4v) is 6.51. The van der Waals surface area contributed by atoms with E-state index in [2.05, 4.69) is 5.32 Å². The summed E-state index contributed by atoms with van der Waals surface area (Å²) in [7, 11) is -2.42. The van der Waals surface area contributed by atoms with E-state index in [0.29, 0.717) is 29.1 Å². The molecule has 4 N–H and O–H groups in total. The maximum atomic E-state index is 13.1. The molecule has 0 saturated carbocycles. The number of urea groups is 1. The molecule has 2 heterocycles. The third-order valence-electron chi connectivity index (χ3n) is 6.09. The van der Waals surface area contributed by atoms with E-state index in [-0.39, 0.29) is 33.5 Å². The number of thiophene rings is 1. The van der Waals surface area contributed by atoms with Crippen molar-refractivity contribution in [2.45, 2.75) is 24.8 Å². The van der Waals surface area contributed by atoms with E-state index in [1.807, 2.05) is 5.32 Å². The molecule has 5 amide bonds. The number of nitrogens with zero attached hydrogens (tertiary/aromatic N) is 2. The van der Waals surface area contributed by atoms with Crippen molar-refractivity contribution < 1.29 is 27.6 Å². The molecule has 1 aromatic heterocycles. The first kappa shape index (κ1) is 26.8. The summed E-state index contributed by atoms with van der Waals surface area (Å²) in [5, 5.41) is 4.93. The summed E-state index contributed by atoms with van der Waals surface area (Å²) in [6, 6.07) is 12.9. The van der Waals surface area contributed by atoms with Gasteiger partial charge in [-0.1, -0.05) is 18.2 Å². The van der Waals surface area contributed by atoms with Gasteiger partial charge in [0.25, 0.3) is 21.8 Å². The summed E-state index contributed by atoms with van der Waals surface area (Å²) in [4.78, 5) is 51.3. The fourth-order valence-electron chi connectivity index (χ4n) is 4.06. The number of hydrogen-bond donors (Lipinski definition) is 3. The number of nitrogens with one attached hydrogen (secondary N) is 2. The van der Waals surface area contributed by atoms with Gasteiger partial charge in [0, 0.05) is 31.0 Å². The minimum atomic E-state index is -3.86. The number of primary amides is 1. The molecule has 0 saturated heterocycles. The molecule has 3 aromatic rings. The van der Waals surface area contributed by atoms with Gasteiger partial charge in [-0.25, -0.2) is 13.2 Å². The van der Waals surface area contributed by atoms with E-state index in [0.717, 1.165) is 15.6 Å². The Morgan fingerprint density at radius 2 is 1.66 bits per heavy atom. The van der Waals surface area contributed by atoms with E-state index in [9.17, 15) is 27.6 Å². The minimum Gasteiger partial charge on any atom is -0.351 e. The Labute approximate surface area is 223 Å². The Bertz CT molecular complexity index is 1520. The normalized spacial score (nSPS) is 12.8. The number of fused-ring (bicyclic) bond motifs is 1. The SMILES string of the molecule is CC(=O)N1CCc2c(sc(NC(=O)c3ccc(S(=O)(=O)N(C)c4ccccc4)cc3)c2C(=O)NC(N)=O)C1. The summed E-state index contributed by atoms with van der Waals surface area (Å²) in [5.74, 6) is -1.46. The summed E-state index contributed by atoms with van der Waals surface area (Å²) in [6.45, 7) is 2.10. The monoisotopic (exact) mass is 555 g/mol. The number of sulfonamides is 1. The Morgan fingerprint density at radius 3 is 2.26 bits per heavy atom. The molecule has 4 rings (SSSR count). The third kappa shape index (κ3) is 5.38. The zero-order chi connectivity index (χ0) is 27.6. The van der Waals surface area contributed by atoms with Gasteiger partial charge >= 0.3 is 6.03 Å². The minimum absolute atomic E-state index is 0.00200. The molecule has 0 spiro atoms. The van der Waals surface area contributed by atoms with Crippen LogP contribution in [0.2, 0.25) is 0 Å². The summed E-state index contributed by atoms with van der Waals surface area (Å²) < 4.78 is 27.2. The van der Waals surface area contributed by atoms with E-state index in [4.69, 9.17) is 5.73 Å². The number of carbonyl (C=O) groups excluding carboxylic acids is 4. The molecular weight excluding hydrogens is 530 g/mol. The van der Waals surface area contributed by atoms with Gasteiger partial charge in [-0.3, -0.25) is 24.0 Å². The van der Waals surface area contributed by atoms with Crippen molar-refractivity contribution in [2.24, 2.45) is 5.73 Å². The lowest BCUT2D eigenvalue weighted by Gasteiger charge is -2.25. The predicted octanol–water partition coefficient (Wildman–Crippen LogP) is 2.54. The number of nitrogens with two attached hydrogens (primary N) is 1. The zero-order valence-electron chi connectivity index (χ0n) is 20.6. The van der Waals surface area contributed by atoms with Gasteiger partial charge in [0.05, 0.1) is 22.7 Å². The molecule has 0 atom stereocenters. The Balaban J connectivity index is 1.59. The van der Waals surface area contributed by atoms with Crippen LogP contribution in [0.5, 0.6) is 0 Å². The zero-order valence-corrected chi connectivity index (χ0v) is 22.2. The second kappa shape index (κ2) is 10.6. The van der Waals surface area contributed by atoms with E-state index < -0.39 is 27.9 Å². The van der Waals surface area contributed by atoms with Crippen LogP contribution in [0.3, 0.4) is 0 Å². The molecule has 1 aliphatic rings. The highest BCUT2D eigenvalue weighted by Gasteiger charge is 2.30. The summed E-state index contributed by atoms with van der Waals surface area (Å²) in [5.41, 5.74) is 6.52. The van der Waals surface area contributed by atoms with Crippen molar-refractivity contribution in [2.75, 3.05) is 23.2 Å². The highest BCUT2D eigenvalue weighted by Crippen LogP contribution is 2.37. The van der Waals surface area contributed by atoms with Gasteiger partial charge in [-0.15, -0.1) is 11.3 Å². The Kier molecular flexibility index (Phi) is 7.51. The van der Waals surface area contributed by atoms with Crippen LogP contribution in [0, 0.1) is 0 Å². The second-order valence-corrected chi connectivity index (χ2v) is 11.6. The van der Waals surface area contributed by atoms with E-state index in [1.54, 1.807) is 35.2 Å². The number of benzene rings is 2. The van der Waals surface area contributed by atoms with Crippen LogP contribution in [0.1, 0.15) is 38.1 Å². The van der Waals surface area contributed by atoms with Crippen molar-refractivity contribution in [3.63, 3.8) is 0 Å². The molecular formula is C25H25N5O6S2. The lowest BCUT2D eigenvalue weighted by Crippen LogP contribution is -2.37. The van der Waals surface area contributed by atoms with Gasteiger partial charge in [0.2, 0.25) is 5.91 Å². The van der Waals surface area contributed by atoms with E-state index in [1.165, 1.54) is 38.2 Å². The maximum absolute atomic E-state index is 13.1. The number of imide groups is 1. The quantitative estimate of drug-likeness (QED) is 0.424. The molecule has 0 aliphatic carbocycles. The van der Waals surface area contributed by atoms with Crippen LogP contribution < -0.4 is 20.7 Å². The average molecular weight is 556 g/mol. The van der Waals surface area contributed by atoms with Gasteiger partial charge in [-0.05, 0) is 48.4 Å². The van der Waals surface area contributed by atoms with Crippen molar-refractivity contribution in [3.05, 3.63) is 76.2 Å². The molecule has 0 bridgehead atoms. The number of anilines is 2. The third-order valence-corrected chi connectivity index (χ3v) is 9.02. The molecule has 0 unspecified atom stereocenters. The van der Waals surface area contributed by atoms with Gasteiger partial charge < -0.3 is 16.0 Å². The molecule has 198 valence electrons. The number of carbonyl (C=O) groups is 4. The van der Waals surface area contributed by atoms with Crippen molar-refractivity contribution in [1.82, 2.24) is 10.2 Å². The van der Waals surface area contributed by atoms with Crippen molar-refractivity contribution >= 4 is 55.8 Å². The second-order valence-electron chi connectivity index (χ2n) is 8.50. The topological polar surface area (TPSA) is 159 Å². The average Bonchev–Trinajstić information content (AvgIpc) is 3.25. The van der Waals surface area contributed by atoms with Crippen LogP contribution >= 0.6 is 11.3 Å². The molecule has 0 fully saturated rings. The smallest absolute Gasteiger partial charge is 0.319 e. The molecule has 0 radical (unpaired) electrons. The van der Waals surface area contributed by atoms with Gasteiger partial charge in [-0.2, -0.15) is 0 Å². The summed E-state index contributed by atoms with van der Waals surface area (Å²) in [6.07, 6.45) is 0.365. The lowest BCUT2D eigenvalue weighted by atomic mass is 10.0. The number of para-hydroxylation sites is 1. The van der Waals surface area contributed by atoms with E-state index >= 15 is 0 Å². The van der Waals surface area contributed by atoms with Crippen molar-refractivity contribution in [3.8, 4) is 0 Å². The first-order valence-corrected chi connectivity index (χ1v) is 13.7. The Hall–Kier alpha value is -4.23. The van der Waals surface area contributed by atoms with Crippen LogP contribution in [-0.2, 0) is 27.8 Å². The number of rotatable bonds is 6. The maximum Gasteiger partial charge on any atom is 0.319 e. The van der Waals surface area contributed by atoms with Crippen LogP contribution in [0.4, 0.5) is 15.5 Å². The highest BCUT2D eigenvalue weighted by molar-refractivity contribution is 7.92. The van der Waals surface area contributed by atoms with Crippen LogP contribution in [0.25, 0.3) is 0 Å². The first-order valence-electron chi connectivity index (χ1n) is 11.4. The standard InChI is InChI=1S/C25H25N5O6S2/c1-15(31)30-13-12-19-20(14-30)37-24(21(19)23(33)28-25(26)34)27-22(32)16-8-10-18(11-9-16)38(35,36)29(2)17-6-4-3-5-7-17/h3-11H,12-14H2,1-2H3,(H,27,32)(H3,26,28,33,34). The number of amides is 5. The number of hydrogen-bond acceptors (Lipinski definition) is 7. The van der Waals surface area contributed by atoms with Gasteiger partial charge in [0.1, 0.15) is 5.00 Å². The molecule has 2 aromatic carbocycles. The molecule has 1 aliphatic heterocycles. The van der Waals surface area contributed by atoms with Crippen molar-refractivity contribution in [1.29, 1.82) is 0 Å². The summed E-state index contributed by atoms with van der Waals surface area (Å²) >= 11 is 1.13. The lowest BCUT2D eigenvalue weighted by molar-refractivity contribution is -0.129. The first-order chi connectivity index (χ1) is 18.0. The molecule has 13 heteroatoms. The van der Waals surface area contributed by atoms with Crippen LogP contribution in [0.15, 0.2) is 59.5 Å². The molecule has 11 nitrogen and oxygen atoms in total. The largest absolute Gasteiger partial charge is 0.351 e. The van der Waals surface area contributed by atoms with Crippen LogP contribution in [-0.4, -0.2) is 50.7 Å². The fraction of sp³-hybridized carbons (Fsp3) is 0.200. The Morgan fingerprint density at radius 1 is 1.00 bits per heavy atom. The molecule has 38 heavy (non-hydrogen) atoms. The van der Waals surface area contributed by atoms with Gasteiger partial charge in [0.15, 0.2) is 0 Å². The predicted molar refractivity (Wildman–Crippen MR) is 143 cm³/mol.